The molecule has 0 aromatic heterocycles. The summed E-state index contributed by atoms with van der Waals surface area (Å²) in [6, 6.07) is 10.0. The second-order valence-electron chi connectivity index (χ2n) is 8.98. The summed E-state index contributed by atoms with van der Waals surface area (Å²) in [6.07, 6.45) is 2.09. The topological polar surface area (TPSA) is 71.1 Å². The van der Waals surface area contributed by atoms with Gasteiger partial charge >= 0.3 is 5.97 Å². The van der Waals surface area contributed by atoms with Gasteiger partial charge in [-0.15, -0.1) is 12.4 Å². The molecule has 1 aliphatic rings. The summed E-state index contributed by atoms with van der Waals surface area (Å²) >= 11 is 0. The number of benzene rings is 2. The maximum atomic E-state index is 11.3. The summed E-state index contributed by atoms with van der Waals surface area (Å²) in [7, 11) is 0. The lowest BCUT2D eigenvalue weighted by Crippen LogP contribution is -2.46. The van der Waals surface area contributed by atoms with Gasteiger partial charge in [-0.25, -0.2) is 0 Å². The van der Waals surface area contributed by atoms with E-state index < -0.39 is 0 Å². The van der Waals surface area contributed by atoms with Crippen molar-refractivity contribution in [2.24, 2.45) is 0 Å². The summed E-state index contributed by atoms with van der Waals surface area (Å²) in [6.45, 7) is 14.7. The summed E-state index contributed by atoms with van der Waals surface area (Å²) in [5.41, 5.74) is 4.91. The molecule has 35 heavy (non-hydrogen) atoms. The highest BCUT2D eigenvalue weighted by Gasteiger charge is 2.17. The average molecular weight is 504 g/mol. The second kappa shape index (κ2) is 13.4. The van der Waals surface area contributed by atoms with Crippen LogP contribution in [0.25, 0.3) is 0 Å². The molecule has 0 unspecified atom stereocenters. The minimum absolute atomic E-state index is 0. The first-order valence-corrected chi connectivity index (χ1v) is 12.0. The van der Waals surface area contributed by atoms with Gasteiger partial charge in [0.1, 0.15) is 11.5 Å². The van der Waals surface area contributed by atoms with Crippen LogP contribution in [-0.2, 0) is 9.59 Å². The van der Waals surface area contributed by atoms with Crippen molar-refractivity contribution in [1.82, 2.24) is 4.90 Å². The molecule has 1 amide bonds. The van der Waals surface area contributed by atoms with Crippen LogP contribution in [0.3, 0.4) is 0 Å². The summed E-state index contributed by atoms with van der Waals surface area (Å²) in [5.74, 6) is 1.15. The van der Waals surface area contributed by atoms with E-state index in [1.165, 1.54) is 19.5 Å². The molecule has 0 bridgehead atoms. The van der Waals surface area contributed by atoms with Crippen molar-refractivity contribution in [3.8, 4) is 11.5 Å². The molecule has 0 spiro atoms. The van der Waals surface area contributed by atoms with Gasteiger partial charge in [-0.3, -0.25) is 14.5 Å². The third-order valence-electron chi connectivity index (χ3n) is 6.28. The minimum Gasteiger partial charge on any atom is -0.493 e. The Bertz CT molecular complexity index is 1000. The van der Waals surface area contributed by atoms with Crippen molar-refractivity contribution >= 4 is 35.7 Å². The number of unbranched alkanes of at least 4 members (excludes halogenated alkanes) is 1. The lowest BCUT2D eigenvalue weighted by Gasteiger charge is -2.36. The summed E-state index contributed by atoms with van der Waals surface area (Å²) in [5, 5.41) is 2.81. The van der Waals surface area contributed by atoms with E-state index in [0.29, 0.717) is 12.4 Å². The number of nitrogens with one attached hydrogen (secondary N) is 1. The molecule has 0 saturated carbocycles. The smallest absolute Gasteiger partial charge is 0.308 e. The van der Waals surface area contributed by atoms with E-state index in [1.54, 1.807) is 0 Å². The number of piperazine rings is 1. The van der Waals surface area contributed by atoms with Crippen LogP contribution in [0.2, 0.25) is 0 Å². The predicted octanol–water partition coefficient (Wildman–Crippen LogP) is 4.90. The number of hydrogen-bond acceptors (Lipinski definition) is 6. The van der Waals surface area contributed by atoms with Gasteiger partial charge in [0, 0.05) is 51.4 Å². The number of ether oxygens (including phenoxy) is 2. The highest BCUT2D eigenvalue weighted by atomic mass is 35.5. The molecule has 1 saturated heterocycles. The van der Waals surface area contributed by atoms with Crippen LogP contribution in [0.4, 0.5) is 11.4 Å². The summed E-state index contributed by atoms with van der Waals surface area (Å²) < 4.78 is 11.4. The largest absolute Gasteiger partial charge is 0.493 e. The predicted molar refractivity (Wildman–Crippen MR) is 143 cm³/mol. The maximum Gasteiger partial charge on any atom is 0.308 e. The van der Waals surface area contributed by atoms with Crippen LogP contribution in [0.5, 0.6) is 11.5 Å². The number of halogens is 1. The van der Waals surface area contributed by atoms with Gasteiger partial charge in [-0.1, -0.05) is 0 Å². The Kier molecular flexibility index (Phi) is 10.9. The summed E-state index contributed by atoms with van der Waals surface area (Å²) in [4.78, 5) is 27.4. The third kappa shape index (κ3) is 8.15. The van der Waals surface area contributed by atoms with Crippen LogP contribution >= 0.6 is 12.4 Å². The van der Waals surface area contributed by atoms with Gasteiger partial charge in [0.25, 0.3) is 0 Å². The number of esters is 1. The minimum atomic E-state index is -0.306. The number of anilines is 2. The molecule has 7 nitrogen and oxygen atoms in total. The molecule has 2 aromatic carbocycles. The van der Waals surface area contributed by atoms with Crippen LogP contribution in [0, 0.1) is 20.8 Å². The molecule has 1 fully saturated rings. The van der Waals surface area contributed by atoms with E-state index in [0.717, 1.165) is 73.7 Å². The lowest BCUT2D eigenvalue weighted by molar-refractivity contribution is -0.132. The number of hydrogen-bond donors (Lipinski definition) is 1. The second-order valence-corrected chi connectivity index (χ2v) is 8.98. The molecule has 0 atom stereocenters. The molecule has 8 heteroatoms. The van der Waals surface area contributed by atoms with Gasteiger partial charge in [-0.2, -0.15) is 0 Å². The molecule has 1 aliphatic heterocycles. The van der Waals surface area contributed by atoms with Gasteiger partial charge in [0.05, 0.1) is 6.61 Å². The van der Waals surface area contributed by atoms with Gasteiger partial charge in [0.15, 0.2) is 0 Å². The molecular weight excluding hydrogens is 466 g/mol. The zero-order valence-electron chi connectivity index (χ0n) is 21.5. The number of amides is 1. The zero-order chi connectivity index (χ0) is 24.7. The number of rotatable bonds is 9. The SMILES string of the molecule is CC(=O)Nc1ccc(N2CCN(CCCCOc3cc(C)c(OC(C)=O)c(C)c3C)CC2)cc1.Cl. The van der Waals surface area contributed by atoms with Crippen molar-refractivity contribution in [3.05, 3.63) is 47.0 Å². The fourth-order valence-electron chi connectivity index (χ4n) is 4.28. The Labute approximate surface area is 215 Å². The molecule has 192 valence electrons. The van der Waals surface area contributed by atoms with Crippen LogP contribution in [-0.4, -0.2) is 56.1 Å². The molecule has 1 heterocycles. The molecule has 1 N–H and O–H groups in total. The highest BCUT2D eigenvalue weighted by molar-refractivity contribution is 5.88. The standard InChI is InChI=1S/C27H37N3O4.ClH/c1-19-18-26(20(2)21(3)27(19)34-23(5)32)33-17-7-6-12-29-13-15-30(16-14-29)25-10-8-24(9-11-25)28-22(4)31;/h8-11,18H,6-7,12-17H2,1-5H3,(H,28,31);1H. The number of carbonyl (C=O) groups excluding carboxylic acids is 2. The van der Waals surface area contributed by atoms with E-state index in [-0.39, 0.29) is 24.3 Å². The number of nitrogens with zero attached hydrogens (tertiary/aromatic N) is 2. The highest BCUT2D eigenvalue weighted by Crippen LogP contribution is 2.33. The van der Waals surface area contributed by atoms with Crippen molar-refractivity contribution in [3.63, 3.8) is 0 Å². The Morgan fingerprint density at radius 3 is 2.20 bits per heavy atom. The Hall–Kier alpha value is -2.77. The first-order valence-electron chi connectivity index (χ1n) is 12.0. The molecule has 0 aliphatic carbocycles. The fraction of sp³-hybridized carbons (Fsp3) is 0.481. The molecule has 3 rings (SSSR count). The van der Waals surface area contributed by atoms with Crippen molar-refractivity contribution in [2.45, 2.75) is 47.5 Å². The van der Waals surface area contributed by atoms with E-state index in [2.05, 4.69) is 27.2 Å². The Balaban J connectivity index is 0.00000432. The zero-order valence-corrected chi connectivity index (χ0v) is 22.3. The van der Waals surface area contributed by atoms with Crippen LogP contribution < -0.4 is 19.7 Å². The first-order chi connectivity index (χ1) is 16.2. The van der Waals surface area contributed by atoms with E-state index in [9.17, 15) is 9.59 Å². The fourth-order valence-corrected chi connectivity index (χ4v) is 4.28. The third-order valence-corrected chi connectivity index (χ3v) is 6.28. The first kappa shape index (κ1) is 28.5. The van der Waals surface area contributed by atoms with Gasteiger partial charge in [-0.05, 0) is 87.2 Å². The quantitative estimate of drug-likeness (QED) is 0.298. The molecule has 2 aromatic rings. The van der Waals surface area contributed by atoms with Gasteiger partial charge < -0.3 is 19.7 Å². The van der Waals surface area contributed by atoms with Crippen LogP contribution in [0.15, 0.2) is 30.3 Å². The Morgan fingerprint density at radius 2 is 1.60 bits per heavy atom. The van der Waals surface area contributed by atoms with Crippen molar-refractivity contribution in [2.75, 3.05) is 49.5 Å². The molecule has 0 radical (unpaired) electrons. The van der Waals surface area contributed by atoms with Gasteiger partial charge in [0.2, 0.25) is 5.91 Å². The average Bonchev–Trinajstić information content (AvgIpc) is 2.80. The lowest BCUT2D eigenvalue weighted by atomic mass is 10.0. The number of aryl methyl sites for hydroxylation is 1. The van der Waals surface area contributed by atoms with E-state index in [1.807, 2.05) is 39.0 Å². The number of carbonyl (C=O) groups is 2. The molecular formula is C27H38ClN3O4. The van der Waals surface area contributed by atoms with Crippen LogP contribution in [0.1, 0.15) is 43.4 Å². The van der Waals surface area contributed by atoms with E-state index in [4.69, 9.17) is 9.47 Å². The monoisotopic (exact) mass is 503 g/mol. The van der Waals surface area contributed by atoms with Crippen molar-refractivity contribution in [1.29, 1.82) is 0 Å². The van der Waals surface area contributed by atoms with E-state index >= 15 is 0 Å². The normalized spacial score (nSPS) is 13.7. The maximum absolute atomic E-state index is 11.3. The van der Waals surface area contributed by atoms with Crippen molar-refractivity contribution < 1.29 is 19.1 Å². The Morgan fingerprint density at radius 1 is 0.943 bits per heavy atom.